The maximum atomic E-state index is 12.8. The van der Waals surface area contributed by atoms with Crippen LogP contribution in [0.15, 0.2) is 41.8 Å². The molecule has 2 aromatic rings. The van der Waals surface area contributed by atoms with Crippen molar-refractivity contribution in [1.82, 2.24) is 10.2 Å². The van der Waals surface area contributed by atoms with Gasteiger partial charge >= 0.3 is 0 Å². The third-order valence-corrected chi connectivity index (χ3v) is 5.42. The fourth-order valence-corrected chi connectivity index (χ4v) is 3.90. The van der Waals surface area contributed by atoms with E-state index >= 15 is 0 Å². The fourth-order valence-electron chi connectivity index (χ4n) is 3.18. The molecule has 3 rings (SSSR count). The molecule has 0 bridgehead atoms. The van der Waals surface area contributed by atoms with E-state index in [1.807, 2.05) is 30.5 Å². The summed E-state index contributed by atoms with van der Waals surface area (Å²) in [6, 6.07) is 11.0. The van der Waals surface area contributed by atoms with Gasteiger partial charge in [-0.1, -0.05) is 18.2 Å². The number of carbonyl (C=O) groups is 2. The monoisotopic (exact) mass is 402 g/mol. The summed E-state index contributed by atoms with van der Waals surface area (Å²) in [6.45, 7) is 4.10. The van der Waals surface area contributed by atoms with Crippen LogP contribution in [-0.2, 0) is 16.1 Å². The smallest absolute Gasteiger partial charge is 0.255 e. The van der Waals surface area contributed by atoms with Crippen LogP contribution in [0.4, 0.5) is 0 Å². The van der Waals surface area contributed by atoms with Gasteiger partial charge in [0, 0.05) is 18.0 Å². The van der Waals surface area contributed by atoms with Crippen LogP contribution >= 0.6 is 11.3 Å². The molecule has 6 nitrogen and oxygen atoms in total. The highest BCUT2D eigenvalue weighted by Crippen LogP contribution is 2.19. The van der Waals surface area contributed by atoms with Crippen molar-refractivity contribution in [3.63, 3.8) is 0 Å². The SMILES string of the molecule is CCOc1ccccc1C(=O)NCC(=O)N(Cc1cccs1)CC1CCCO1. The number of nitrogens with one attached hydrogen (secondary N) is 1. The Labute approximate surface area is 169 Å². The summed E-state index contributed by atoms with van der Waals surface area (Å²) in [5, 5.41) is 4.73. The van der Waals surface area contributed by atoms with E-state index in [4.69, 9.17) is 9.47 Å². The Balaban J connectivity index is 1.61. The average molecular weight is 403 g/mol. The molecule has 0 spiro atoms. The van der Waals surface area contributed by atoms with Gasteiger partial charge in [-0.2, -0.15) is 0 Å². The zero-order valence-electron chi connectivity index (χ0n) is 16.1. The quantitative estimate of drug-likeness (QED) is 0.700. The first-order valence-electron chi connectivity index (χ1n) is 9.59. The van der Waals surface area contributed by atoms with E-state index in [0.29, 0.717) is 31.0 Å². The molecule has 1 aliphatic rings. The Morgan fingerprint density at radius 1 is 1.29 bits per heavy atom. The Morgan fingerprint density at radius 3 is 2.86 bits per heavy atom. The van der Waals surface area contributed by atoms with E-state index in [9.17, 15) is 9.59 Å². The van der Waals surface area contributed by atoms with Crippen LogP contribution in [0.3, 0.4) is 0 Å². The Morgan fingerprint density at radius 2 is 2.14 bits per heavy atom. The molecule has 1 aromatic carbocycles. The molecule has 7 heteroatoms. The Kier molecular flexibility index (Phi) is 7.45. The molecule has 2 heterocycles. The summed E-state index contributed by atoms with van der Waals surface area (Å²) < 4.78 is 11.2. The van der Waals surface area contributed by atoms with Crippen LogP contribution in [0.25, 0.3) is 0 Å². The number of carbonyl (C=O) groups excluding carboxylic acids is 2. The van der Waals surface area contributed by atoms with Crippen molar-refractivity contribution in [1.29, 1.82) is 0 Å². The van der Waals surface area contributed by atoms with Crippen LogP contribution in [0, 0.1) is 0 Å². The molecule has 1 atom stereocenters. The zero-order chi connectivity index (χ0) is 19.8. The zero-order valence-corrected chi connectivity index (χ0v) is 16.9. The summed E-state index contributed by atoms with van der Waals surface area (Å²) in [7, 11) is 0. The van der Waals surface area contributed by atoms with Crippen LogP contribution in [-0.4, -0.2) is 49.1 Å². The van der Waals surface area contributed by atoms with Gasteiger partial charge in [-0.25, -0.2) is 0 Å². The number of hydrogen-bond acceptors (Lipinski definition) is 5. The molecule has 1 N–H and O–H groups in total. The van der Waals surface area contributed by atoms with E-state index < -0.39 is 0 Å². The van der Waals surface area contributed by atoms with Gasteiger partial charge in [-0.15, -0.1) is 11.3 Å². The largest absolute Gasteiger partial charge is 0.493 e. The highest BCUT2D eigenvalue weighted by Gasteiger charge is 2.23. The first-order valence-corrected chi connectivity index (χ1v) is 10.5. The molecular formula is C21H26N2O4S. The lowest BCUT2D eigenvalue weighted by Crippen LogP contribution is -2.43. The predicted molar refractivity (Wildman–Crippen MR) is 109 cm³/mol. The maximum Gasteiger partial charge on any atom is 0.255 e. The molecule has 0 aliphatic carbocycles. The van der Waals surface area contributed by atoms with Crippen LogP contribution in [0.2, 0.25) is 0 Å². The second kappa shape index (κ2) is 10.2. The molecule has 28 heavy (non-hydrogen) atoms. The first-order chi connectivity index (χ1) is 13.7. The second-order valence-electron chi connectivity index (χ2n) is 6.60. The van der Waals surface area contributed by atoms with Gasteiger partial charge < -0.3 is 19.7 Å². The van der Waals surface area contributed by atoms with E-state index in [1.54, 1.807) is 34.4 Å². The van der Waals surface area contributed by atoms with Crippen molar-refractivity contribution in [2.45, 2.75) is 32.4 Å². The third kappa shape index (κ3) is 5.56. The Hall–Kier alpha value is -2.38. The van der Waals surface area contributed by atoms with E-state index in [0.717, 1.165) is 24.3 Å². The van der Waals surface area contributed by atoms with Crippen LogP contribution in [0.5, 0.6) is 5.75 Å². The molecular weight excluding hydrogens is 376 g/mol. The first kappa shape index (κ1) is 20.4. The minimum Gasteiger partial charge on any atom is -0.493 e. The molecule has 150 valence electrons. The summed E-state index contributed by atoms with van der Waals surface area (Å²) in [6.07, 6.45) is 2.05. The van der Waals surface area contributed by atoms with Gasteiger partial charge in [0.1, 0.15) is 5.75 Å². The lowest BCUT2D eigenvalue weighted by molar-refractivity contribution is -0.132. The van der Waals surface area contributed by atoms with Crippen molar-refractivity contribution in [3.05, 3.63) is 52.2 Å². The standard InChI is InChI=1S/C21H26N2O4S/c1-2-26-19-10-4-3-9-18(19)21(25)22-13-20(24)23(14-16-7-5-11-27-16)15-17-8-6-12-28-17/h3-4,6,8-10,12,16H,2,5,7,11,13-15H2,1H3,(H,22,25). The third-order valence-electron chi connectivity index (χ3n) is 4.56. The molecule has 0 saturated carbocycles. The number of nitrogens with zero attached hydrogens (tertiary/aromatic N) is 1. The number of benzene rings is 1. The van der Waals surface area contributed by atoms with E-state index in [-0.39, 0.29) is 24.5 Å². The van der Waals surface area contributed by atoms with Crippen molar-refractivity contribution in [2.24, 2.45) is 0 Å². The molecule has 2 amide bonds. The molecule has 1 fully saturated rings. The van der Waals surface area contributed by atoms with Crippen molar-refractivity contribution >= 4 is 23.2 Å². The number of amides is 2. The average Bonchev–Trinajstić information content (AvgIpc) is 3.40. The number of hydrogen-bond donors (Lipinski definition) is 1. The predicted octanol–water partition coefficient (Wildman–Crippen LogP) is 3.08. The van der Waals surface area contributed by atoms with Crippen LogP contribution < -0.4 is 10.1 Å². The normalized spacial score (nSPS) is 16.0. The van der Waals surface area contributed by atoms with Gasteiger partial charge in [0.25, 0.3) is 5.91 Å². The van der Waals surface area contributed by atoms with Crippen molar-refractivity contribution in [3.8, 4) is 5.75 Å². The lowest BCUT2D eigenvalue weighted by Gasteiger charge is -2.25. The second-order valence-corrected chi connectivity index (χ2v) is 7.63. The number of thiophene rings is 1. The highest BCUT2D eigenvalue weighted by atomic mass is 32.1. The topological polar surface area (TPSA) is 67.9 Å². The summed E-state index contributed by atoms with van der Waals surface area (Å²) in [5.41, 5.74) is 0.432. The Bertz CT molecular complexity index is 772. The van der Waals surface area contributed by atoms with E-state index in [2.05, 4.69) is 5.32 Å². The number of ether oxygens (including phenoxy) is 2. The summed E-state index contributed by atoms with van der Waals surface area (Å²) in [5.74, 6) is 0.0847. The highest BCUT2D eigenvalue weighted by molar-refractivity contribution is 7.09. The lowest BCUT2D eigenvalue weighted by atomic mass is 10.2. The number of rotatable bonds is 9. The fraction of sp³-hybridized carbons (Fsp3) is 0.429. The molecule has 1 aliphatic heterocycles. The van der Waals surface area contributed by atoms with Crippen LogP contribution in [0.1, 0.15) is 35.0 Å². The molecule has 1 unspecified atom stereocenters. The summed E-state index contributed by atoms with van der Waals surface area (Å²) >= 11 is 1.62. The van der Waals surface area contributed by atoms with Gasteiger partial charge in [0.2, 0.25) is 5.91 Å². The maximum absolute atomic E-state index is 12.8. The molecule has 1 saturated heterocycles. The van der Waals surface area contributed by atoms with Crippen molar-refractivity contribution < 1.29 is 19.1 Å². The minimum absolute atomic E-state index is 0.0581. The van der Waals surface area contributed by atoms with E-state index in [1.165, 1.54) is 0 Å². The molecule has 1 aromatic heterocycles. The van der Waals surface area contributed by atoms with Gasteiger partial charge in [-0.05, 0) is 43.3 Å². The molecule has 0 radical (unpaired) electrons. The number of para-hydroxylation sites is 1. The van der Waals surface area contributed by atoms with Gasteiger partial charge in [0.15, 0.2) is 0 Å². The van der Waals surface area contributed by atoms with Gasteiger partial charge in [-0.3, -0.25) is 9.59 Å². The van der Waals surface area contributed by atoms with Gasteiger partial charge in [0.05, 0.1) is 31.4 Å². The minimum atomic E-state index is -0.314. The van der Waals surface area contributed by atoms with Crippen molar-refractivity contribution in [2.75, 3.05) is 26.3 Å². The summed E-state index contributed by atoms with van der Waals surface area (Å²) in [4.78, 5) is 28.3.